The first kappa shape index (κ1) is 29.7. The van der Waals surface area contributed by atoms with E-state index in [1.54, 1.807) is 6.92 Å². The molecule has 0 saturated carbocycles. The Morgan fingerprint density at radius 2 is 1.59 bits per heavy atom. The molecule has 4 atom stereocenters. The Hall–Kier alpha value is -3.55. The van der Waals surface area contributed by atoms with E-state index in [1.165, 1.54) is 11.8 Å². The van der Waals surface area contributed by atoms with Crippen molar-refractivity contribution < 1.29 is 33.6 Å². The molecule has 0 aromatic carbocycles. The number of carbonyl (C=O) groups excluding carboxylic acids is 7. The molecule has 0 radical (unpaired) electrons. The lowest BCUT2D eigenvalue weighted by molar-refractivity contribution is -0.139. The van der Waals surface area contributed by atoms with Crippen LogP contribution in [0.25, 0.3) is 0 Å². The van der Waals surface area contributed by atoms with E-state index in [0.29, 0.717) is 38.5 Å². The first-order valence-electron chi connectivity index (χ1n) is 12.6. The molecule has 0 bridgehead atoms. The summed E-state index contributed by atoms with van der Waals surface area (Å²) in [5, 5.41) is 15.4. The lowest BCUT2D eigenvalue weighted by atomic mass is 10.2. The van der Waals surface area contributed by atoms with E-state index in [1.807, 2.05) is 0 Å². The van der Waals surface area contributed by atoms with Crippen molar-refractivity contribution in [1.82, 2.24) is 36.8 Å². The van der Waals surface area contributed by atoms with E-state index < -0.39 is 47.7 Å². The van der Waals surface area contributed by atoms with Gasteiger partial charge < -0.3 is 41.6 Å². The Labute approximate surface area is 215 Å². The molecule has 6 N–H and O–H groups in total. The summed E-state index contributed by atoms with van der Waals surface area (Å²) >= 11 is 0. The van der Waals surface area contributed by atoms with Crippen LogP contribution in [0.4, 0.5) is 0 Å². The summed E-state index contributed by atoms with van der Waals surface area (Å²) in [7, 11) is 0. The van der Waals surface area contributed by atoms with Gasteiger partial charge in [-0.05, 0) is 45.6 Å². The molecule has 14 nitrogen and oxygen atoms in total. The predicted molar refractivity (Wildman–Crippen MR) is 131 cm³/mol. The molecule has 0 aromatic heterocycles. The van der Waals surface area contributed by atoms with E-state index in [9.17, 15) is 33.6 Å². The first-order chi connectivity index (χ1) is 17.7. The quantitative estimate of drug-likeness (QED) is 0.135. The minimum Gasteiger partial charge on any atom is -0.346 e. The highest BCUT2D eigenvalue weighted by Gasteiger charge is 2.34. The van der Waals surface area contributed by atoms with Crippen LogP contribution in [0.5, 0.6) is 0 Å². The maximum absolute atomic E-state index is 12.6. The number of likely N-dealkylation sites (tertiary alicyclic amines) is 1. The molecule has 0 aliphatic carbocycles. The zero-order chi connectivity index (χ0) is 27.4. The molecular weight excluding hydrogens is 486 g/mol. The van der Waals surface area contributed by atoms with Crippen LogP contribution in [-0.4, -0.2) is 104 Å². The average molecular weight is 524 g/mol. The van der Waals surface area contributed by atoms with Crippen LogP contribution in [0.15, 0.2) is 0 Å². The highest BCUT2D eigenvalue weighted by Crippen LogP contribution is 2.17. The summed E-state index contributed by atoms with van der Waals surface area (Å²) in [5.74, 6) is -2.89. The molecule has 2 rings (SSSR count). The molecule has 2 aliphatic heterocycles. The van der Waals surface area contributed by atoms with Crippen molar-refractivity contribution in [1.29, 1.82) is 0 Å². The Bertz CT molecular complexity index is 876. The lowest BCUT2D eigenvalue weighted by Gasteiger charge is -2.24. The fourth-order valence-corrected chi connectivity index (χ4v) is 4.09. The molecule has 0 aromatic rings. The molecule has 2 aliphatic rings. The van der Waals surface area contributed by atoms with Crippen LogP contribution in [-0.2, 0) is 33.6 Å². The minimum absolute atomic E-state index is 0.272. The first-order valence-corrected chi connectivity index (χ1v) is 12.6. The molecule has 6 amide bonds. The summed E-state index contributed by atoms with van der Waals surface area (Å²) in [6.45, 7) is 3.29. The van der Waals surface area contributed by atoms with E-state index in [0.717, 1.165) is 13.0 Å². The van der Waals surface area contributed by atoms with Crippen LogP contribution in [0, 0.1) is 0 Å². The van der Waals surface area contributed by atoms with Gasteiger partial charge in [-0.1, -0.05) is 6.92 Å². The zero-order valence-electron chi connectivity index (χ0n) is 21.3. The van der Waals surface area contributed by atoms with Crippen LogP contribution in [0.2, 0.25) is 0 Å². The van der Waals surface area contributed by atoms with Gasteiger partial charge >= 0.3 is 0 Å². The van der Waals surface area contributed by atoms with Gasteiger partial charge in [-0.15, -0.1) is 0 Å². The fraction of sp³-hybridized carbons (Fsp3) is 0.696. The minimum atomic E-state index is -0.948. The standard InChI is InChI=1S/C23H37N7O7/c1-3-15(13-31)29-19(33)11-26-23(37)17-7-5-9-30(17)20(34)12-27-21(35)14(2)28-18(32)10-25-22(36)16-6-4-8-24-16/h13-17,24H,3-12H2,1-2H3,(H,25,36)(H,26,37)(H,27,35)(H,28,32)(H,29,33)/t14-,15-,16-,17-/m0/s1. The largest absolute Gasteiger partial charge is 0.346 e. The van der Waals surface area contributed by atoms with Crippen molar-refractivity contribution in [2.75, 3.05) is 32.7 Å². The van der Waals surface area contributed by atoms with Gasteiger partial charge in [0.1, 0.15) is 18.4 Å². The van der Waals surface area contributed by atoms with Gasteiger partial charge in [0.05, 0.1) is 31.7 Å². The van der Waals surface area contributed by atoms with Crippen molar-refractivity contribution in [2.45, 2.75) is 70.1 Å². The number of hydrogen-bond acceptors (Lipinski definition) is 8. The number of hydrogen-bond donors (Lipinski definition) is 6. The molecule has 206 valence electrons. The highest BCUT2D eigenvalue weighted by molar-refractivity contribution is 5.94. The van der Waals surface area contributed by atoms with E-state index in [2.05, 4.69) is 31.9 Å². The van der Waals surface area contributed by atoms with Crippen molar-refractivity contribution in [3.05, 3.63) is 0 Å². The predicted octanol–water partition coefficient (Wildman–Crippen LogP) is -3.32. The highest BCUT2D eigenvalue weighted by atomic mass is 16.2. The second-order valence-corrected chi connectivity index (χ2v) is 9.06. The smallest absolute Gasteiger partial charge is 0.243 e. The van der Waals surface area contributed by atoms with E-state index in [-0.39, 0.29) is 31.6 Å². The van der Waals surface area contributed by atoms with Gasteiger partial charge in [0.25, 0.3) is 0 Å². The lowest BCUT2D eigenvalue weighted by Crippen LogP contribution is -2.53. The van der Waals surface area contributed by atoms with E-state index in [4.69, 9.17) is 0 Å². The zero-order valence-corrected chi connectivity index (χ0v) is 21.3. The summed E-state index contributed by atoms with van der Waals surface area (Å²) in [5.41, 5.74) is 0. The van der Waals surface area contributed by atoms with Gasteiger partial charge in [0, 0.05) is 6.54 Å². The number of nitrogens with zero attached hydrogens (tertiary/aromatic N) is 1. The summed E-state index contributed by atoms with van der Waals surface area (Å²) in [4.78, 5) is 85.6. The van der Waals surface area contributed by atoms with Crippen LogP contribution >= 0.6 is 0 Å². The second-order valence-electron chi connectivity index (χ2n) is 9.06. The van der Waals surface area contributed by atoms with Crippen molar-refractivity contribution in [3.8, 4) is 0 Å². The fourth-order valence-electron chi connectivity index (χ4n) is 4.09. The summed E-state index contributed by atoms with van der Waals surface area (Å²) in [6, 6.07) is -2.67. The summed E-state index contributed by atoms with van der Waals surface area (Å²) in [6.07, 6.45) is 3.63. The third-order valence-corrected chi connectivity index (χ3v) is 6.23. The third-order valence-electron chi connectivity index (χ3n) is 6.23. The van der Waals surface area contributed by atoms with Crippen molar-refractivity contribution >= 4 is 41.7 Å². The van der Waals surface area contributed by atoms with Crippen LogP contribution in [0.3, 0.4) is 0 Å². The molecule has 0 unspecified atom stereocenters. The molecular formula is C23H37N7O7. The Morgan fingerprint density at radius 1 is 0.919 bits per heavy atom. The number of aldehydes is 1. The number of carbonyl (C=O) groups is 7. The van der Waals surface area contributed by atoms with Gasteiger partial charge in [-0.3, -0.25) is 28.8 Å². The van der Waals surface area contributed by atoms with Gasteiger partial charge in [0.2, 0.25) is 35.4 Å². The average Bonchev–Trinajstić information content (AvgIpc) is 3.60. The van der Waals surface area contributed by atoms with Crippen LogP contribution in [0.1, 0.15) is 46.0 Å². The van der Waals surface area contributed by atoms with Crippen molar-refractivity contribution in [3.63, 3.8) is 0 Å². The number of amides is 6. The number of rotatable bonds is 13. The molecule has 2 heterocycles. The molecule has 37 heavy (non-hydrogen) atoms. The molecule has 2 fully saturated rings. The number of nitrogens with one attached hydrogen (secondary N) is 6. The van der Waals surface area contributed by atoms with Gasteiger partial charge in [-0.25, -0.2) is 0 Å². The van der Waals surface area contributed by atoms with Crippen LogP contribution < -0.4 is 31.9 Å². The topological polar surface area (TPSA) is 195 Å². The maximum Gasteiger partial charge on any atom is 0.243 e. The Kier molecular flexibility index (Phi) is 11.9. The molecule has 2 saturated heterocycles. The summed E-state index contributed by atoms with van der Waals surface area (Å²) < 4.78 is 0. The normalized spacial score (nSPS) is 20.3. The Morgan fingerprint density at radius 3 is 2.22 bits per heavy atom. The van der Waals surface area contributed by atoms with Crippen molar-refractivity contribution in [2.24, 2.45) is 0 Å². The van der Waals surface area contributed by atoms with E-state index >= 15 is 0 Å². The SMILES string of the molecule is CC[C@@H](C=O)NC(=O)CNC(=O)[C@@H]1CCCN1C(=O)CNC(=O)[C@H](C)NC(=O)CNC(=O)[C@@H]1CCCN1. The van der Waals surface area contributed by atoms with Gasteiger partial charge in [-0.2, -0.15) is 0 Å². The molecule has 0 spiro atoms. The monoisotopic (exact) mass is 523 g/mol. The third kappa shape index (κ3) is 9.44. The Balaban J connectivity index is 1.72. The second kappa shape index (κ2) is 14.9. The molecule has 14 heteroatoms. The van der Waals surface area contributed by atoms with Gasteiger partial charge in [0.15, 0.2) is 0 Å². The maximum atomic E-state index is 12.6.